The number of carbonyl (C=O) groups is 1. The summed E-state index contributed by atoms with van der Waals surface area (Å²) < 4.78 is 13.8. The van der Waals surface area contributed by atoms with Crippen LogP contribution in [-0.4, -0.2) is 23.9 Å². The third-order valence-electron chi connectivity index (χ3n) is 4.17. The van der Waals surface area contributed by atoms with E-state index in [4.69, 9.17) is 5.73 Å². The molecule has 110 valence electrons. The highest BCUT2D eigenvalue weighted by molar-refractivity contribution is 9.10. The largest absolute Gasteiger partial charge is 0.396 e. The summed E-state index contributed by atoms with van der Waals surface area (Å²) >= 11 is 3.24. The van der Waals surface area contributed by atoms with Gasteiger partial charge in [-0.05, 0) is 59.7 Å². The minimum absolute atomic E-state index is 0.00205. The van der Waals surface area contributed by atoms with Gasteiger partial charge in [0.05, 0.1) is 11.3 Å². The molecule has 0 aromatic heterocycles. The standard InChI is InChI=1S/C15H20BrFN2O/c1-9-3-5-10(6-4-9)19(2)15(20)11-7-14(18)13(17)8-12(11)16/h7-10H,3-6,18H2,1-2H3. The van der Waals surface area contributed by atoms with Crippen LogP contribution in [0.3, 0.4) is 0 Å². The zero-order valence-electron chi connectivity index (χ0n) is 11.8. The maximum Gasteiger partial charge on any atom is 0.255 e. The highest BCUT2D eigenvalue weighted by Crippen LogP contribution is 2.29. The van der Waals surface area contributed by atoms with Crippen molar-refractivity contribution in [3.8, 4) is 0 Å². The van der Waals surface area contributed by atoms with Gasteiger partial charge in [-0.2, -0.15) is 0 Å². The van der Waals surface area contributed by atoms with Crippen LogP contribution < -0.4 is 5.73 Å². The fourth-order valence-electron chi connectivity index (χ4n) is 2.72. The smallest absolute Gasteiger partial charge is 0.255 e. The Morgan fingerprint density at radius 2 is 1.95 bits per heavy atom. The number of nitrogen functional groups attached to an aromatic ring is 1. The van der Waals surface area contributed by atoms with Gasteiger partial charge in [-0.25, -0.2) is 4.39 Å². The number of halogens is 2. The van der Waals surface area contributed by atoms with E-state index in [9.17, 15) is 9.18 Å². The van der Waals surface area contributed by atoms with Crippen LogP contribution >= 0.6 is 15.9 Å². The lowest BCUT2D eigenvalue weighted by molar-refractivity contribution is 0.0678. The molecule has 1 aliphatic rings. The van der Waals surface area contributed by atoms with E-state index in [0.29, 0.717) is 10.0 Å². The Morgan fingerprint density at radius 3 is 2.55 bits per heavy atom. The van der Waals surface area contributed by atoms with E-state index < -0.39 is 5.82 Å². The Balaban J connectivity index is 2.16. The van der Waals surface area contributed by atoms with E-state index >= 15 is 0 Å². The van der Waals surface area contributed by atoms with Gasteiger partial charge in [0.1, 0.15) is 5.82 Å². The Bertz CT molecular complexity index is 513. The molecule has 0 spiro atoms. The number of anilines is 1. The van der Waals surface area contributed by atoms with Gasteiger partial charge in [0.25, 0.3) is 5.91 Å². The predicted octanol–water partition coefficient (Wildman–Crippen LogP) is 3.82. The summed E-state index contributed by atoms with van der Waals surface area (Å²) in [4.78, 5) is 14.3. The quantitative estimate of drug-likeness (QED) is 0.830. The van der Waals surface area contributed by atoms with E-state index in [1.807, 2.05) is 7.05 Å². The van der Waals surface area contributed by atoms with Crippen molar-refractivity contribution < 1.29 is 9.18 Å². The van der Waals surface area contributed by atoms with Gasteiger partial charge in [-0.1, -0.05) is 6.92 Å². The topological polar surface area (TPSA) is 46.3 Å². The van der Waals surface area contributed by atoms with Gasteiger partial charge in [-0.15, -0.1) is 0 Å². The number of nitrogens with two attached hydrogens (primary N) is 1. The Morgan fingerprint density at radius 1 is 1.35 bits per heavy atom. The number of nitrogens with zero attached hydrogens (tertiary/aromatic N) is 1. The molecular weight excluding hydrogens is 323 g/mol. The van der Waals surface area contributed by atoms with E-state index in [1.165, 1.54) is 12.1 Å². The van der Waals surface area contributed by atoms with Gasteiger partial charge < -0.3 is 10.6 Å². The van der Waals surface area contributed by atoms with Crippen LogP contribution in [0.5, 0.6) is 0 Å². The van der Waals surface area contributed by atoms with Crippen molar-refractivity contribution in [1.29, 1.82) is 0 Å². The van der Waals surface area contributed by atoms with Crippen molar-refractivity contribution >= 4 is 27.5 Å². The zero-order chi connectivity index (χ0) is 14.9. The maximum absolute atomic E-state index is 13.3. The lowest BCUT2D eigenvalue weighted by atomic mass is 9.86. The zero-order valence-corrected chi connectivity index (χ0v) is 13.4. The van der Waals surface area contributed by atoms with Crippen LogP contribution in [0.15, 0.2) is 16.6 Å². The van der Waals surface area contributed by atoms with Gasteiger partial charge in [-0.3, -0.25) is 4.79 Å². The first-order chi connectivity index (χ1) is 9.40. The Kier molecular flexibility index (Phi) is 4.68. The number of amides is 1. The molecule has 0 aliphatic heterocycles. The van der Waals surface area contributed by atoms with Crippen LogP contribution in [-0.2, 0) is 0 Å². The third kappa shape index (κ3) is 3.14. The number of carbonyl (C=O) groups excluding carboxylic acids is 1. The molecular formula is C15H20BrFN2O. The third-order valence-corrected chi connectivity index (χ3v) is 4.83. The molecule has 1 aromatic carbocycles. The van der Waals surface area contributed by atoms with Crippen LogP contribution in [0.1, 0.15) is 43.0 Å². The van der Waals surface area contributed by atoms with Crippen LogP contribution in [0.25, 0.3) is 0 Å². The first-order valence-electron chi connectivity index (χ1n) is 6.91. The van der Waals surface area contributed by atoms with Crippen molar-refractivity contribution in [3.63, 3.8) is 0 Å². The highest BCUT2D eigenvalue weighted by Gasteiger charge is 2.26. The Hall–Kier alpha value is -1.10. The van der Waals surface area contributed by atoms with E-state index in [2.05, 4.69) is 22.9 Å². The second-order valence-corrected chi connectivity index (χ2v) is 6.54. The molecule has 3 nitrogen and oxygen atoms in total. The minimum atomic E-state index is -0.512. The monoisotopic (exact) mass is 342 g/mol. The van der Waals surface area contributed by atoms with Crippen molar-refractivity contribution in [1.82, 2.24) is 4.90 Å². The van der Waals surface area contributed by atoms with Gasteiger partial charge in [0, 0.05) is 17.6 Å². The normalized spacial score (nSPS) is 22.6. The van der Waals surface area contributed by atoms with Gasteiger partial charge in [0.2, 0.25) is 0 Å². The molecule has 0 unspecified atom stereocenters. The second-order valence-electron chi connectivity index (χ2n) is 5.68. The average Bonchev–Trinajstić information content (AvgIpc) is 2.42. The van der Waals surface area contributed by atoms with Gasteiger partial charge in [0.15, 0.2) is 0 Å². The molecule has 0 saturated heterocycles. The maximum atomic E-state index is 13.3. The average molecular weight is 343 g/mol. The van der Waals surface area contributed by atoms with Crippen LogP contribution in [0.2, 0.25) is 0 Å². The molecule has 0 heterocycles. The number of hydrogen-bond donors (Lipinski definition) is 1. The molecule has 2 rings (SSSR count). The summed E-state index contributed by atoms with van der Waals surface area (Å²) in [6, 6.07) is 2.92. The summed E-state index contributed by atoms with van der Waals surface area (Å²) in [6.07, 6.45) is 4.35. The number of benzene rings is 1. The summed E-state index contributed by atoms with van der Waals surface area (Å²) in [7, 11) is 1.81. The lowest BCUT2D eigenvalue weighted by Gasteiger charge is -2.33. The number of rotatable bonds is 2. The van der Waals surface area contributed by atoms with Crippen molar-refractivity contribution in [3.05, 3.63) is 28.0 Å². The van der Waals surface area contributed by atoms with Gasteiger partial charge >= 0.3 is 0 Å². The molecule has 20 heavy (non-hydrogen) atoms. The fraction of sp³-hybridized carbons (Fsp3) is 0.533. The summed E-state index contributed by atoms with van der Waals surface area (Å²) in [6.45, 7) is 2.25. The van der Waals surface area contributed by atoms with Crippen LogP contribution in [0.4, 0.5) is 10.1 Å². The molecule has 0 atom stereocenters. The molecule has 1 amide bonds. The van der Waals surface area contributed by atoms with E-state index in [0.717, 1.165) is 31.6 Å². The molecule has 1 fully saturated rings. The van der Waals surface area contributed by atoms with E-state index in [-0.39, 0.29) is 17.6 Å². The molecule has 2 N–H and O–H groups in total. The summed E-state index contributed by atoms with van der Waals surface area (Å²) in [5.41, 5.74) is 5.98. The Labute approximate surface area is 127 Å². The summed E-state index contributed by atoms with van der Waals surface area (Å²) in [5, 5.41) is 0. The van der Waals surface area contributed by atoms with Crippen molar-refractivity contribution in [2.24, 2.45) is 5.92 Å². The number of hydrogen-bond acceptors (Lipinski definition) is 2. The lowest BCUT2D eigenvalue weighted by Crippen LogP contribution is -2.39. The summed E-state index contributed by atoms with van der Waals surface area (Å²) in [5.74, 6) is 0.119. The molecule has 0 radical (unpaired) electrons. The molecule has 1 aromatic rings. The first-order valence-corrected chi connectivity index (χ1v) is 7.71. The SMILES string of the molecule is CC1CCC(N(C)C(=O)c2cc(N)c(F)cc2Br)CC1. The molecule has 0 bridgehead atoms. The predicted molar refractivity (Wildman–Crippen MR) is 82.0 cm³/mol. The van der Waals surface area contributed by atoms with Crippen molar-refractivity contribution in [2.75, 3.05) is 12.8 Å². The van der Waals surface area contributed by atoms with E-state index in [1.54, 1.807) is 4.90 Å². The molecule has 1 saturated carbocycles. The minimum Gasteiger partial charge on any atom is -0.396 e. The second kappa shape index (κ2) is 6.12. The first kappa shape index (κ1) is 15.3. The fourth-order valence-corrected chi connectivity index (χ4v) is 3.20. The molecule has 1 aliphatic carbocycles. The van der Waals surface area contributed by atoms with Crippen LogP contribution in [0, 0.1) is 11.7 Å². The van der Waals surface area contributed by atoms with Crippen molar-refractivity contribution in [2.45, 2.75) is 38.6 Å². The molecule has 5 heteroatoms. The highest BCUT2D eigenvalue weighted by atomic mass is 79.9.